The number of ether oxygens (including phenoxy) is 4. The van der Waals surface area contributed by atoms with Crippen molar-refractivity contribution >= 4 is 5.57 Å². The second-order valence-electron chi connectivity index (χ2n) is 11.4. The van der Waals surface area contributed by atoms with E-state index in [-0.39, 0.29) is 11.5 Å². The molecule has 194 valence electrons. The molecule has 2 aromatic carbocycles. The van der Waals surface area contributed by atoms with Crippen molar-refractivity contribution < 1.29 is 18.9 Å². The molecule has 0 radical (unpaired) electrons. The van der Waals surface area contributed by atoms with Crippen molar-refractivity contribution in [3.8, 4) is 11.5 Å². The van der Waals surface area contributed by atoms with Gasteiger partial charge >= 0.3 is 0 Å². The van der Waals surface area contributed by atoms with Crippen LogP contribution in [0.3, 0.4) is 0 Å². The summed E-state index contributed by atoms with van der Waals surface area (Å²) in [6.45, 7) is 9.99. The Kier molecular flexibility index (Phi) is 8.03. The maximum atomic E-state index is 6.25. The monoisotopic (exact) mass is 490 g/mol. The van der Waals surface area contributed by atoms with Gasteiger partial charge in [-0.3, -0.25) is 0 Å². The van der Waals surface area contributed by atoms with Gasteiger partial charge < -0.3 is 18.9 Å². The highest BCUT2D eigenvalue weighted by Crippen LogP contribution is 2.41. The first kappa shape index (κ1) is 25.4. The van der Waals surface area contributed by atoms with Gasteiger partial charge in [-0.2, -0.15) is 0 Å². The Hall–Kier alpha value is -2.30. The maximum absolute atomic E-state index is 6.25. The molecule has 36 heavy (non-hydrogen) atoms. The lowest BCUT2D eigenvalue weighted by Gasteiger charge is -2.29. The van der Waals surface area contributed by atoms with Gasteiger partial charge in [-0.1, -0.05) is 64.3 Å². The first-order valence-electron chi connectivity index (χ1n) is 13.9. The van der Waals surface area contributed by atoms with Crippen LogP contribution in [0.25, 0.3) is 5.57 Å². The van der Waals surface area contributed by atoms with Crippen LogP contribution >= 0.6 is 0 Å². The number of epoxide rings is 2. The second-order valence-corrected chi connectivity index (χ2v) is 11.4. The quantitative estimate of drug-likeness (QED) is 0.216. The average Bonchev–Trinajstić information content (AvgIpc) is 3.82. The van der Waals surface area contributed by atoms with E-state index in [1.165, 1.54) is 54.4 Å². The SMILES string of the molecule is CCCCCC(C)(C)c1cc(C2=CCC(c3ccc(OCC4CO4)cc3)CC2)ccc1OCC1CO1. The van der Waals surface area contributed by atoms with Gasteiger partial charge in [0.05, 0.1) is 13.2 Å². The molecule has 3 atom stereocenters. The van der Waals surface area contributed by atoms with Crippen molar-refractivity contribution in [1.29, 1.82) is 0 Å². The summed E-state index contributed by atoms with van der Waals surface area (Å²) in [6.07, 6.45) is 11.3. The van der Waals surface area contributed by atoms with Crippen LogP contribution in [0.1, 0.15) is 88.3 Å². The molecule has 0 N–H and O–H groups in total. The molecule has 2 aliphatic heterocycles. The van der Waals surface area contributed by atoms with E-state index in [1.54, 1.807) is 0 Å². The molecule has 1 aliphatic carbocycles. The number of rotatable bonds is 13. The number of hydrogen-bond acceptors (Lipinski definition) is 4. The molecule has 2 fully saturated rings. The lowest BCUT2D eigenvalue weighted by Crippen LogP contribution is -2.20. The summed E-state index contributed by atoms with van der Waals surface area (Å²) < 4.78 is 22.7. The van der Waals surface area contributed by atoms with Gasteiger partial charge in [0.1, 0.15) is 36.9 Å². The van der Waals surface area contributed by atoms with Crippen molar-refractivity contribution in [2.45, 2.75) is 89.3 Å². The Morgan fingerprint density at radius 3 is 2.28 bits per heavy atom. The molecule has 0 amide bonds. The Morgan fingerprint density at radius 2 is 1.64 bits per heavy atom. The van der Waals surface area contributed by atoms with E-state index in [4.69, 9.17) is 18.9 Å². The zero-order valence-electron chi connectivity index (χ0n) is 22.3. The lowest BCUT2D eigenvalue weighted by molar-refractivity contribution is 0.256. The van der Waals surface area contributed by atoms with Gasteiger partial charge in [0.2, 0.25) is 0 Å². The highest BCUT2D eigenvalue weighted by Gasteiger charge is 2.28. The lowest BCUT2D eigenvalue weighted by atomic mass is 9.77. The fraction of sp³-hybridized carbons (Fsp3) is 0.562. The molecule has 5 rings (SSSR count). The Labute approximate surface area is 217 Å². The van der Waals surface area contributed by atoms with Crippen molar-refractivity contribution in [2.75, 3.05) is 26.4 Å². The summed E-state index contributed by atoms with van der Waals surface area (Å²) in [5.74, 6) is 2.53. The van der Waals surface area contributed by atoms with Crippen LogP contribution in [0.2, 0.25) is 0 Å². The maximum Gasteiger partial charge on any atom is 0.123 e. The van der Waals surface area contributed by atoms with Crippen molar-refractivity contribution in [3.63, 3.8) is 0 Å². The number of allylic oxidation sites excluding steroid dienone is 2. The minimum Gasteiger partial charge on any atom is -0.491 e. The molecule has 2 heterocycles. The summed E-state index contributed by atoms with van der Waals surface area (Å²) in [6, 6.07) is 15.6. The van der Waals surface area contributed by atoms with Crippen LogP contribution in [0.4, 0.5) is 0 Å². The molecule has 0 saturated carbocycles. The molecular weight excluding hydrogens is 448 g/mol. The van der Waals surface area contributed by atoms with E-state index >= 15 is 0 Å². The molecule has 4 nitrogen and oxygen atoms in total. The van der Waals surface area contributed by atoms with Gasteiger partial charge in [0.25, 0.3) is 0 Å². The topological polar surface area (TPSA) is 43.5 Å². The number of benzene rings is 2. The third-order valence-corrected chi connectivity index (χ3v) is 7.91. The normalized spacial score (nSPS) is 23.2. The number of hydrogen-bond donors (Lipinski definition) is 0. The van der Waals surface area contributed by atoms with Crippen LogP contribution in [0.15, 0.2) is 48.5 Å². The van der Waals surface area contributed by atoms with Crippen LogP contribution in [0, 0.1) is 0 Å². The molecule has 2 aromatic rings. The third kappa shape index (κ3) is 6.72. The van der Waals surface area contributed by atoms with Gasteiger partial charge in [0, 0.05) is 5.56 Å². The molecule has 3 unspecified atom stereocenters. The van der Waals surface area contributed by atoms with Gasteiger partial charge in [-0.25, -0.2) is 0 Å². The Balaban J connectivity index is 1.27. The van der Waals surface area contributed by atoms with Gasteiger partial charge in [-0.05, 0) is 78.0 Å². The van der Waals surface area contributed by atoms with E-state index in [9.17, 15) is 0 Å². The van der Waals surface area contributed by atoms with Crippen LogP contribution in [0.5, 0.6) is 11.5 Å². The zero-order chi connectivity index (χ0) is 25.0. The molecule has 3 aliphatic rings. The smallest absolute Gasteiger partial charge is 0.123 e. The average molecular weight is 491 g/mol. The first-order valence-corrected chi connectivity index (χ1v) is 13.9. The van der Waals surface area contributed by atoms with E-state index in [2.05, 4.69) is 69.3 Å². The summed E-state index contributed by atoms with van der Waals surface area (Å²) in [4.78, 5) is 0. The predicted molar refractivity (Wildman–Crippen MR) is 145 cm³/mol. The summed E-state index contributed by atoms with van der Waals surface area (Å²) >= 11 is 0. The standard InChI is InChI=1S/C32H42O4/c1-4-5-6-17-32(2,3)30-18-26(13-16-31(30)36-22-29-21-35-29)25-9-7-23(8-10-25)24-11-14-27(15-12-24)33-19-28-20-34-28/h9,11-16,18,23,28-29H,4-8,10,17,19-22H2,1-3H3. The van der Waals surface area contributed by atoms with Crippen LogP contribution < -0.4 is 9.47 Å². The fourth-order valence-electron chi connectivity index (χ4n) is 5.27. The molecule has 0 bridgehead atoms. The highest BCUT2D eigenvalue weighted by atomic mass is 16.6. The van der Waals surface area contributed by atoms with E-state index in [1.807, 2.05) is 0 Å². The van der Waals surface area contributed by atoms with E-state index in [0.29, 0.717) is 25.2 Å². The highest BCUT2D eigenvalue weighted by molar-refractivity contribution is 5.68. The largest absolute Gasteiger partial charge is 0.491 e. The van der Waals surface area contributed by atoms with Crippen molar-refractivity contribution in [1.82, 2.24) is 0 Å². The molecule has 2 saturated heterocycles. The fourth-order valence-corrected chi connectivity index (χ4v) is 5.27. The Morgan fingerprint density at radius 1 is 0.917 bits per heavy atom. The predicted octanol–water partition coefficient (Wildman–Crippen LogP) is 7.45. The minimum absolute atomic E-state index is 0.0815. The summed E-state index contributed by atoms with van der Waals surface area (Å²) in [5, 5.41) is 0. The Bertz CT molecular complexity index is 1030. The van der Waals surface area contributed by atoms with E-state index < -0.39 is 0 Å². The van der Waals surface area contributed by atoms with Crippen molar-refractivity contribution in [2.24, 2.45) is 0 Å². The summed E-state index contributed by atoms with van der Waals surface area (Å²) in [7, 11) is 0. The van der Waals surface area contributed by atoms with Crippen LogP contribution in [-0.2, 0) is 14.9 Å². The zero-order valence-corrected chi connectivity index (χ0v) is 22.3. The minimum atomic E-state index is 0.0815. The van der Waals surface area contributed by atoms with Gasteiger partial charge in [-0.15, -0.1) is 0 Å². The summed E-state index contributed by atoms with van der Waals surface area (Å²) in [5.41, 5.74) is 5.65. The second kappa shape index (κ2) is 11.4. The van der Waals surface area contributed by atoms with Crippen LogP contribution in [-0.4, -0.2) is 38.6 Å². The number of unbranched alkanes of at least 4 members (excludes halogenated alkanes) is 2. The first-order chi connectivity index (χ1) is 17.5. The molecule has 4 heteroatoms. The van der Waals surface area contributed by atoms with Gasteiger partial charge in [0.15, 0.2) is 0 Å². The van der Waals surface area contributed by atoms with Crippen molar-refractivity contribution in [3.05, 3.63) is 65.2 Å². The molecular formula is C32H42O4. The third-order valence-electron chi connectivity index (χ3n) is 7.91. The van der Waals surface area contributed by atoms with E-state index in [0.717, 1.165) is 37.6 Å². The molecule has 0 spiro atoms. The molecule has 0 aromatic heterocycles.